The van der Waals surface area contributed by atoms with Crippen LogP contribution < -0.4 is 20.1 Å². The summed E-state index contributed by atoms with van der Waals surface area (Å²) in [5, 5.41) is 6.14. The second-order valence-electron chi connectivity index (χ2n) is 5.34. The predicted octanol–water partition coefficient (Wildman–Crippen LogP) is 2.93. The van der Waals surface area contributed by atoms with Crippen LogP contribution in [0.15, 0.2) is 36.5 Å². The largest absolute Gasteiger partial charge is 0.497 e. The average Bonchev–Trinajstić information content (AvgIpc) is 3.39. The number of carbonyl (C=O) groups is 1. The summed E-state index contributed by atoms with van der Waals surface area (Å²) in [6, 6.07) is 9.17. The Kier molecular flexibility index (Phi) is 4.32. The highest BCUT2D eigenvalue weighted by atomic mass is 16.5. The Hall–Kier alpha value is -2.76. The van der Waals surface area contributed by atoms with Crippen LogP contribution in [0.25, 0.3) is 0 Å². The number of nitrogens with one attached hydrogen (secondary N) is 2. The van der Waals surface area contributed by atoms with Crippen LogP contribution in [0.3, 0.4) is 0 Å². The zero-order valence-corrected chi connectivity index (χ0v) is 13.1. The fourth-order valence-electron chi connectivity index (χ4n) is 2.23. The van der Waals surface area contributed by atoms with Crippen molar-refractivity contribution in [3.05, 3.63) is 42.1 Å². The van der Waals surface area contributed by atoms with Gasteiger partial charge in [0.25, 0.3) is 5.91 Å². The first kappa shape index (κ1) is 15.1. The Morgan fingerprint density at radius 3 is 2.74 bits per heavy atom. The van der Waals surface area contributed by atoms with E-state index in [2.05, 4.69) is 15.6 Å². The molecule has 6 nitrogen and oxygen atoms in total. The van der Waals surface area contributed by atoms with Gasteiger partial charge in [-0.1, -0.05) is 0 Å². The molecule has 0 unspecified atom stereocenters. The number of amides is 1. The van der Waals surface area contributed by atoms with Gasteiger partial charge in [0.2, 0.25) is 0 Å². The highest BCUT2D eigenvalue weighted by molar-refractivity contribution is 6.08. The maximum absolute atomic E-state index is 12.6. The summed E-state index contributed by atoms with van der Waals surface area (Å²) in [4.78, 5) is 16.9. The van der Waals surface area contributed by atoms with Crippen LogP contribution in [0.5, 0.6) is 11.5 Å². The molecule has 1 aromatic carbocycles. The minimum absolute atomic E-state index is 0.243. The molecule has 0 spiro atoms. The van der Waals surface area contributed by atoms with E-state index in [4.69, 9.17) is 9.47 Å². The molecule has 0 radical (unpaired) electrons. The number of pyridine rings is 1. The van der Waals surface area contributed by atoms with Crippen molar-refractivity contribution in [3.63, 3.8) is 0 Å². The third-order valence-corrected chi connectivity index (χ3v) is 3.63. The van der Waals surface area contributed by atoms with E-state index in [9.17, 15) is 4.79 Å². The quantitative estimate of drug-likeness (QED) is 0.858. The van der Waals surface area contributed by atoms with Gasteiger partial charge in [-0.2, -0.15) is 0 Å². The summed E-state index contributed by atoms with van der Waals surface area (Å²) in [7, 11) is 3.13. The number of methoxy groups -OCH3 is 2. The Bertz CT molecular complexity index is 714. The third-order valence-electron chi connectivity index (χ3n) is 3.63. The summed E-state index contributed by atoms with van der Waals surface area (Å²) >= 11 is 0. The van der Waals surface area contributed by atoms with Crippen molar-refractivity contribution in [3.8, 4) is 11.5 Å². The van der Waals surface area contributed by atoms with Gasteiger partial charge in [0.05, 0.1) is 25.5 Å². The lowest BCUT2D eigenvalue weighted by Gasteiger charge is -2.13. The van der Waals surface area contributed by atoms with Crippen molar-refractivity contribution in [1.82, 2.24) is 4.98 Å². The van der Waals surface area contributed by atoms with Gasteiger partial charge in [0, 0.05) is 18.3 Å². The first-order valence-electron chi connectivity index (χ1n) is 7.46. The van der Waals surface area contributed by atoms with E-state index < -0.39 is 0 Å². The molecule has 2 aromatic rings. The average molecular weight is 313 g/mol. The normalized spacial score (nSPS) is 13.3. The molecule has 0 bridgehead atoms. The monoisotopic (exact) mass is 313 g/mol. The van der Waals surface area contributed by atoms with E-state index in [1.165, 1.54) is 0 Å². The number of aromatic nitrogens is 1. The number of benzene rings is 1. The van der Waals surface area contributed by atoms with Crippen LogP contribution in [0.4, 0.5) is 11.5 Å². The molecule has 120 valence electrons. The van der Waals surface area contributed by atoms with Gasteiger partial charge >= 0.3 is 0 Å². The molecule has 1 saturated carbocycles. The molecular weight excluding hydrogens is 294 g/mol. The van der Waals surface area contributed by atoms with Crippen LogP contribution >= 0.6 is 0 Å². The summed E-state index contributed by atoms with van der Waals surface area (Å²) in [6.07, 6.45) is 3.90. The van der Waals surface area contributed by atoms with Gasteiger partial charge in [0.1, 0.15) is 17.3 Å². The number of carbonyl (C=O) groups excluding carboxylic acids is 1. The summed E-state index contributed by atoms with van der Waals surface area (Å²) in [5.41, 5.74) is 1.06. The first-order chi connectivity index (χ1) is 11.2. The molecule has 23 heavy (non-hydrogen) atoms. The van der Waals surface area contributed by atoms with Crippen LogP contribution in [0.2, 0.25) is 0 Å². The lowest BCUT2D eigenvalue weighted by atomic mass is 10.2. The fourth-order valence-corrected chi connectivity index (χ4v) is 2.23. The van der Waals surface area contributed by atoms with Gasteiger partial charge in [-0.05, 0) is 37.1 Å². The number of nitrogens with zero attached hydrogens (tertiary/aromatic N) is 1. The Labute approximate surface area is 134 Å². The number of anilines is 2. The van der Waals surface area contributed by atoms with Gasteiger partial charge in [-0.3, -0.25) is 4.79 Å². The van der Waals surface area contributed by atoms with Crippen molar-refractivity contribution in [2.75, 3.05) is 24.9 Å². The van der Waals surface area contributed by atoms with Crippen molar-refractivity contribution >= 4 is 17.4 Å². The SMILES string of the molecule is COc1ccc(OC)c(NC(=O)c2cccnc2NC2CC2)c1. The molecule has 0 atom stereocenters. The molecule has 1 amide bonds. The van der Waals surface area contributed by atoms with E-state index in [0.717, 1.165) is 12.8 Å². The Balaban J connectivity index is 1.84. The summed E-state index contributed by atoms with van der Waals surface area (Å²) < 4.78 is 10.5. The van der Waals surface area contributed by atoms with Crippen LogP contribution in [-0.4, -0.2) is 31.2 Å². The molecule has 1 aliphatic rings. The van der Waals surface area contributed by atoms with Crippen LogP contribution in [0, 0.1) is 0 Å². The van der Waals surface area contributed by atoms with Gasteiger partial charge in [-0.25, -0.2) is 4.98 Å². The molecule has 1 aromatic heterocycles. The zero-order valence-electron chi connectivity index (χ0n) is 13.1. The van der Waals surface area contributed by atoms with Crippen molar-refractivity contribution < 1.29 is 14.3 Å². The lowest BCUT2D eigenvalue weighted by Crippen LogP contribution is -2.17. The maximum atomic E-state index is 12.6. The predicted molar refractivity (Wildman–Crippen MR) is 88.4 cm³/mol. The van der Waals surface area contributed by atoms with Gasteiger partial charge in [0.15, 0.2) is 0 Å². The third kappa shape index (κ3) is 3.53. The van der Waals surface area contributed by atoms with Gasteiger partial charge in [-0.15, -0.1) is 0 Å². The van der Waals surface area contributed by atoms with Crippen molar-refractivity contribution in [2.45, 2.75) is 18.9 Å². The second-order valence-corrected chi connectivity index (χ2v) is 5.34. The molecular formula is C17H19N3O3. The van der Waals surface area contributed by atoms with E-state index in [-0.39, 0.29) is 5.91 Å². The molecule has 1 heterocycles. The smallest absolute Gasteiger partial charge is 0.259 e. The number of hydrogen-bond donors (Lipinski definition) is 2. The van der Waals surface area contributed by atoms with E-state index in [1.54, 1.807) is 50.7 Å². The highest BCUT2D eigenvalue weighted by Crippen LogP contribution is 2.30. The van der Waals surface area contributed by atoms with E-state index in [0.29, 0.717) is 34.6 Å². The first-order valence-corrected chi connectivity index (χ1v) is 7.46. The maximum Gasteiger partial charge on any atom is 0.259 e. The topological polar surface area (TPSA) is 72.5 Å². The lowest BCUT2D eigenvalue weighted by molar-refractivity contribution is 0.102. The van der Waals surface area contributed by atoms with Crippen molar-refractivity contribution in [1.29, 1.82) is 0 Å². The minimum atomic E-state index is -0.243. The minimum Gasteiger partial charge on any atom is -0.497 e. The fraction of sp³-hybridized carbons (Fsp3) is 0.294. The molecule has 3 rings (SSSR count). The number of ether oxygens (including phenoxy) is 2. The van der Waals surface area contributed by atoms with Crippen LogP contribution in [0.1, 0.15) is 23.2 Å². The molecule has 2 N–H and O–H groups in total. The van der Waals surface area contributed by atoms with Crippen LogP contribution in [-0.2, 0) is 0 Å². The molecule has 1 fully saturated rings. The molecule has 6 heteroatoms. The highest BCUT2D eigenvalue weighted by Gasteiger charge is 2.24. The zero-order chi connectivity index (χ0) is 16.2. The molecule has 0 saturated heterocycles. The Morgan fingerprint density at radius 1 is 1.22 bits per heavy atom. The Morgan fingerprint density at radius 2 is 2.04 bits per heavy atom. The molecule has 0 aliphatic heterocycles. The summed E-state index contributed by atoms with van der Waals surface area (Å²) in [6.45, 7) is 0. The second kappa shape index (κ2) is 6.56. The number of hydrogen-bond acceptors (Lipinski definition) is 5. The van der Waals surface area contributed by atoms with E-state index in [1.807, 2.05) is 0 Å². The number of rotatable bonds is 6. The van der Waals surface area contributed by atoms with Gasteiger partial charge < -0.3 is 20.1 Å². The van der Waals surface area contributed by atoms with E-state index >= 15 is 0 Å². The van der Waals surface area contributed by atoms with Crippen molar-refractivity contribution in [2.24, 2.45) is 0 Å². The standard InChI is InChI=1S/C17H19N3O3/c1-22-12-7-8-15(23-2)14(10-12)20-17(21)13-4-3-9-18-16(13)19-11-5-6-11/h3-4,7-11H,5-6H2,1-2H3,(H,18,19)(H,20,21). The molecule has 1 aliphatic carbocycles. The summed E-state index contributed by atoms with van der Waals surface area (Å²) in [5.74, 6) is 1.57.